The second kappa shape index (κ2) is 5.25. The number of para-hydroxylation sites is 2. The minimum Gasteiger partial charge on any atom is -0.397 e. The molecule has 3 aromatic rings. The molecule has 0 aliphatic heterocycles. The summed E-state index contributed by atoms with van der Waals surface area (Å²) in [4.78, 5) is 12.9. The Balaban J connectivity index is 2.27. The van der Waals surface area contributed by atoms with E-state index >= 15 is 0 Å². The first-order chi connectivity index (χ1) is 10.2. The zero-order valence-corrected chi connectivity index (χ0v) is 11.2. The number of carbonyl (C=O) groups is 1. The average Bonchev–Trinajstić information content (AvgIpc) is 2.49. The molecule has 0 aromatic heterocycles. The van der Waals surface area contributed by atoms with E-state index in [0.717, 1.165) is 10.8 Å². The maximum Gasteiger partial charge on any atom is 0.218 e. The van der Waals surface area contributed by atoms with Gasteiger partial charge >= 0.3 is 0 Å². The third-order valence-corrected chi connectivity index (χ3v) is 3.37. The number of benzene rings is 3. The van der Waals surface area contributed by atoms with E-state index in [1.165, 1.54) is 17.0 Å². The van der Waals surface area contributed by atoms with Crippen molar-refractivity contribution in [3.63, 3.8) is 0 Å². The van der Waals surface area contributed by atoms with Crippen molar-refractivity contribution in [3.8, 4) is 0 Å². The van der Waals surface area contributed by atoms with Crippen LogP contribution in [0.3, 0.4) is 0 Å². The molecule has 3 aromatic carbocycles. The van der Waals surface area contributed by atoms with Crippen molar-refractivity contribution in [3.05, 3.63) is 66.5 Å². The van der Waals surface area contributed by atoms with E-state index in [4.69, 9.17) is 5.73 Å². The molecule has 104 valence electrons. The fraction of sp³-hybridized carbons (Fsp3) is 0. The van der Waals surface area contributed by atoms with Crippen molar-refractivity contribution in [2.45, 2.75) is 0 Å². The van der Waals surface area contributed by atoms with Gasteiger partial charge < -0.3 is 5.73 Å². The van der Waals surface area contributed by atoms with E-state index in [1.807, 2.05) is 18.2 Å². The molecular formula is C17H13FN2O. The van der Waals surface area contributed by atoms with Gasteiger partial charge in [0.15, 0.2) is 0 Å². The van der Waals surface area contributed by atoms with Crippen LogP contribution in [0.2, 0.25) is 0 Å². The molecule has 0 aliphatic carbocycles. The monoisotopic (exact) mass is 280 g/mol. The molecule has 0 radical (unpaired) electrons. The summed E-state index contributed by atoms with van der Waals surface area (Å²) >= 11 is 0. The second-order valence-corrected chi connectivity index (χ2v) is 4.68. The third kappa shape index (κ3) is 2.31. The number of nitrogens with two attached hydrogens (primary N) is 1. The molecular weight excluding hydrogens is 267 g/mol. The number of hydrogen-bond acceptors (Lipinski definition) is 2. The summed E-state index contributed by atoms with van der Waals surface area (Å²) in [6, 6.07) is 17.1. The summed E-state index contributed by atoms with van der Waals surface area (Å²) in [6.07, 6.45) is 0.646. The molecule has 3 nitrogen and oxygen atoms in total. The topological polar surface area (TPSA) is 46.3 Å². The van der Waals surface area contributed by atoms with Crippen LogP contribution in [0, 0.1) is 5.82 Å². The summed E-state index contributed by atoms with van der Waals surface area (Å²) in [6.45, 7) is 0. The van der Waals surface area contributed by atoms with Gasteiger partial charge in [-0.15, -0.1) is 0 Å². The van der Waals surface area contributed by atoms with Gasteiger partial charge in [-0.05, 0) is 29.7 Å². The van der Waals surface area contributed by atoms with Crippen molar-refractivity contribution < 1.29 is 9.18 Å². The number of anilines is 3. The molecule has 0 fully saturated rings. The Morgan fingerprint density at radius 2 is 1.67 bits per heavy atom. The molecule has 4 heteroatoms. The maximum atomic E-state index is 13.8. The number of nitrogens with zero attached hydrogens (tertiary/aromatic N) is 1. The van der Waals surface area contributed by atoms with Gasteiger partial charge in [0.05, 0.1) is 17.1 Å². The first-order valence-corrected chi connectivity index (χ1v) is 6.48. The molecule has 0 bridgehead atoms. The van der Waals surface area contributed by atoms with Crippen molar-refractivity contribution in [2.75, 3.05) is 10.6 Å². The number of carbonyl (C=O) groups excluding carboxylic acids is 1. The number of halogens is 1. The van der Waals surface area contributed by atoms with Gasteiger partial charge in [-0.2, -0.15) is 0 Å². The van der Waals surface area contributed by atoms with Crippen molar-refractivity contribution in [1.82, 2.24) is 0 Å². The highest BCUT2D eigenvalue weighted by molar-refractivity contribution is 6.03. The van der Waals surface area contributed by atoms with E-state index in [2.05, 4.69) is 0 Å². The summed E-state index contributed by atoms with van der Waals surface area (Å²) in [7, 11) is 0. The summed E-state index contributed by atoms with van der Waals surface area (Å²) in [5, 5.41) is 1.52. The van der Waals surface area contributed by atoms with Gasteiger partial charge in [-0.3, -0.25) is 9.69 Å². The van der Waals surface area contributed by atoms with Gasteiger partial charge in [0.25, 0.3) is 0 Å². The highest BCUT2D eigenvalue weighted by Crippen LogP contribution is 2.34. The van der Waals surface area contributed by atoms with E-state index < -0.39 is 5.82 Å². The number of rotatable bonds is 3. The van der Waals surface area contributed by atoms with E-state index in [0.29, 0.717) is 23.5 Å². The van der Waals surface area contributed by atoms with Gasteiger partial charge in [0, 0.05) is 5.39 Å². The zero-order valence-electron chi connectivity index (χ0n) is 11.2. The standard InChI is InChI=1S/C17H13FN2O/c18-13-9-12-5-1-2-6-14(12)17(10-13)20(11-21)16-8-4-3-7-15(16)19/h1-11H,19H2. The smallest absolute Gasteiger partial charge is 0.218 e. The normalized spacial score (nSPS) is 10.5. The Kier molecular flexibility index (Phi) is 3.28. The quantitative estimate of drug-likeness (QED) is 0.585. The van der Waals surface area contributed by atoms with E-state index in [-0.39, 0.29) is 0 Å². The lowest BCUT2D eigenvalue weighted by atomic mass is 10.1. The molecule has 21 heavy (non-hydrogen) atoms. The number of hydrogen-bond donors (Lipinski definition) is 1. The van der Waals surface area contributed by atoms with Gasteiger partial charge in [0.1, 0.15) is 5.82 Å². The Morgan fingerprint density at radius 3 is 2.43 bits per heavy atom. The van der Waals surface area contributed by atoms with Crippen LogP contribution in [-0.4, -0.2) is 6.41 Å². The number of amides is 1. The Bertz CT molecular complexity index is 817. The van der Waals surface area contributed by atoms with Crippen LogP contribution in [-0.2, 0) is 4.79 Å². The molecule has 0 spiro atoms. The SMILES string of the molecule is Nc1ccccc1N(C=O)c1cc(F)cc2ccccc12. The number of nitrogen functional groups attached to an aromatic ring is 1. The molecule has 0 saturated heterocycles. The first kappa shape index (κ1) is 13.1. The summed E-state index contributed by atoms with van der Waals surface area (Å²) < 4.78 is 13.8. The van der Waals surface area contributed by atoms with Gasteiger partial charge in [-0.25, -0.2) is 4.39 Å². The highest BCUT2D eigenvalue weighted by Gasteiger charge is 2.15. The largest absolute Gasteiger partial charge is 0.397 e. The van der Waals surface area contributed by atoms with Crippen LogP contribution < -0.4 is 10.6 Å². The Morgan fingerprint density at radius 1 is 0.952 bits per heavy atom. The molecule has 0 saturated carbocycles. The predicted molar refractivity (Wildman–Crippen MR) is 83.0 cm³/mol. The fourth-order valence-corrected chi connectivity index (χ4v) is 2.40. The third-order valence-electron chi connectivity index (χ3n) is 3.37. The molecule has 3 rings (SSSR count). The molecule has 0 heterocycles. The minimum atomic E-state index is -0.398. The average molecular weight is 280 g/mol. The lowest BCUT2D eigenvalue weighted by Crippen LogP contribution is -2.16. The lowest BCUT2D eigenvalue weighted by Gasteiger charge is -2.21. The lowest BCUT2D eigenvalue weighted by molar-refractivity contribution is -0.106. The van der Waals surface area contributed by atoms with Gasteiger partial charge in [0.2, 0.25) is 6.41 Å². The van der Waals surface area contributed by atoms with Gasteiger partial charge in [-0.1, -0.05) is 36.4 Å². The molecule has 0 unspecified atom stereocenters. The van der Waals surface area contributed by atoms with Crippen LogP contribution in [0.15, 0.2) is 60.7 Å². The van der Waals surface area contributed by atoms with Crippen molar-refractivity contribution in [1.29, 1.82) is 0 Å². The molecule has 2 N–H and O–H groups in total. The first-order valence-electron chi connectivity index (χ1n) is 6.48. The van der Waals surface area contributed by atoms with E-state index in [1.54, 1.807) is 30.3 Å². The molecule has 1 amide bonds. The van der Waals surface area contributed by atoms with E-state index in [9.17, 15) is 9.18 Å². The van der Waals surface area contributed by atoms with Crippen LogP contribution in [0.5, 0.6) is 0 Å². The minimum absolute atomic E-state index is 0.398. The summed E-state index contributed by atoms with van der Waals surface area (Å²) in [5.74, 6) is -0.398. The van der Waals surface area contributed by atoms with Crippen LogP contribution in [0.4, 0.5) is 21.5 Å². The number of fused-ring (bicyclic) bond motifs is 1. The van der Waals surface area contributed by atoms with Crippen LogP contribution in [0.25, 0.3) is 10.8 Å². The predicted octanol–water partition coefficient (Wildman–Crippen LogP) is 3.86. The Hall–Kier alpha value is -2.88. The second-order valence-electron chi connectivity index (χ2n) is 4.68. The van der Waals surface area contributed by atoms with Crippen LogP contribution >= 0.6 is 0 Å². The zero-order chi connectivity index (χ0) is 14.8. The van der Waals surface area contributed by atoms with Crippen molar-refractivity contribution >= 4 is 34.2 Å². The van der Waals surface area contributed by atoms with Crippen molar-refractivity contribution in [2.24, 2.45) is 0 Å². The fourth-order valence-electron chi connectivity index (χ4n) is 2.40. The molecule has 0 aliphatic rings. The molecule has 0 atom stereocenters. The Labute approximate surface area is 121 Å². The summed E-state index contributed by atoms with van der Waals surface area (Å²) in [5.41, 5.74) is 7.38. The highest BCUT2D eigenvalue weighted by atomic mass is 19.1. The van der Waals surface area contributed by atoms with Crippen LogP contribution in [0.1, 0.15) is 0 Å². The maximum absolute atomic E-state index is 13.8.